The van der Waals surface area contributed by atoms with Gasteiger partial charge in [-0.15, -0.1) is 0 Å². The molecule has 0 aromatic rings. The SMILES string of the molecule is C=COCCOCl. The van der Waals surface area contributed by atoms with E-state index in [1.807, 2.05) is 0 Å². The molecule has 0 atom stereocenters. The molecule has 2 nitrogen and oxygen atoms in total. The van der Waals surface area contributed by atoms with Gasteiger partial charge in [-0.25, -0.2) is 0 Å². The number of hydrogen-bond donors (Lipinski definition) is 0. The zero-order valence-corrected chi connectivity index (χ0v) is 4.65. The van der Waals surface area contributed by atoms with Gasteiger partial charge in [0, 0.05) is 0 Å². The molecule has 0 N–H and O–H groups in total. The molecule has 0 saturated heterocycles. The van der Waals surface area contributed by atoms with Crippen molar-refractivity contribution < 1.29 is 9.03 Å². The third-order valence-electron chi connectivity index (χ3n) is 0.396. The van der Waals surface area contributed by atoms with Crippen molar-refractivity contribution in [3.05, 3.63) is 12.8 Å². The number of rotatable bonds is 4. The molecule has 0 bridgehead atoms. The van der Waals surface area contributed by atoms with Gasteiger partial charge in [0.2, 0.25) is 0 Å². The highest BCUT2D eigenvalue weighted by Crippen LogP contribution is 1.79. The Morgan fingerprint density at radius 2 is 2.29 bits per heavy atom. The molecular weight excluding hydrogens is 115 g/mol. The summed E-state index contributed by atoms with van der Waals surface area (Å²) in [5.74, 6) is 0. The minimum Gasteiger partial charge on any atom is -0.499 e. The second-order valence-electron chi connectivity index (χ2n) is 0.851. The summed E-state index contributed by atoms with van der Waals surface area (Å²) in [5, 5.41) is 0. The van der Waals surface area contributed by atoms with Gasteiger partial charge in [-0.05, 0) is 0 Å². The Morgan fingerprint density at radius 1 is 1.57 bits per heavy atom. The van der Waals surface area contributed by atoms with E-state index in [1.54, 1.807) is 0 Å². The molecule has 0 heterocycles. The first-order valence-electron chi connectivity index (χ1n) is 1.88. The third kappa shape index (κ3) is 5.79. The topological polar surface area (TPSA) is 18.5 Å². The molecule has 0 saturated carbocycles. The van der Waals surface area contributed by atoms with Crippen molar-refractivity contribution in [3.63, 3.8) is 0 Å². The Morgan fingerprint density at radius 3 is 2.71 bits per heavy atom. The van der Waals surface area contributed by atoms with Crippen molar-refractivity contribution in [3.8, 4) is 0 Å². The van der Waals surface area contributed by atoms with E-state index in [-0.39, 0.29) is 0 Å². The molecule has 42 valence electrons. The molecule has 7 heavy (non-hydrogen) atoms. The van der Waals surface area contributed by atoms with Gasteiger partial charge in [-0.2, -0.15) is 0 Å². The zero-order valence-electron chi connectivity index (χ0n) is 3.89. The summed E-state index contributed by atoms with van der Waals surface area (Å²) in [7, 11) is 0. The summed E-state index contributed by atoms with van der Waals surface area (Å²) < 4.78 is 8.77. The average Bonchev–Trinajstić information content (AvgIpc) is 1.69. The van der Waals surface area contributed by atoms with Crippen LogP contribution in [0, 0.1) is 0 Å². The zero-order chi connectivity index (χ0) is 5.54. The number of halogens is 1. The third-order valence-corrected chi connectivity index (χ3v) is 0.550. The minimum atomic E-state index is 0.396. The van der Waals surface area contributed by atoms with Crippen molar-refractivity contribution in [2.45, 2.75) is 0 Å². The van der Waals surface area contributed by atoms with Crippen LogP contribution in [0.3, 0.4) is 0 Å². The van der Waals surface area contributed by atoms with E-state index in [9.17, 15) is 0 Å². The van der Waals surface area contributed by atoms with Gasteiger partial charge >= 0.3 is 0 Å². The lowest BCUT2D eigenvalue weighted by Gasteiger charge is -1.93. The van der Waals surface area contributed by atoms with Gasteiger partial charge in [-0.1, -0.05) is 6.58 Å². The second kappa shape index (κ2) is 5.79. The monoisotopic (exact) mass is 122 g/mol. The summed E-state index contributed by atoms with van der Waals surface area (Å²) >= 11 is 4.82. The van der Waals surface area contributed by atoms with E-state index in [4.69, 9.17) is 11.9 Å². The highest BCUT2D eigenvalue weighted by atomic mass is 35.5. The van der Waals surface area contributed by atoms with Crippen LogP contribution in [0.1, 0.15) is 0 Å². The fraction of sp³-hybridized carbons (Fsp3) is 0.500. The highest BCUT2D eigenvalue weighted by Gasteiger charge is 1.77. The molecule has 0 radical (unpaired) electrons. The number of hydrogen-bond acceptors (Lipinski definition) is 2. The lowest BCUT2D eigenvalue weighted by molar-refractivity contribution is 0.188. The van der Waals surface area contributed by atoms with Crippen LogP contribution in [0.15, 0.2) is 12.8 Å². The minimum absolute atomic E-state index is 0.396. The fourth-order valence-corrected chi connectivity index (χ4v) is 0.226. The van der Waals surface area contributed by atoms with Crippen molar-refractivity contribution >= 4 is 11.9 Å². The molecule has 3 heteroatoms. The molecule has 0 amide bonds. The lowest BCUT2D eigenvalue weighted by Crippen LogP contribution is -1.92. The molecule has 0 spiro atoms. The summed E-state index contributed by atoms with van der Waals surface area (Å²) in [6.07, 6.45) is 1.34. The predicted molar refractivity (Wildman–Crippen MR) is 28.0 cm³/mol. The van der Waals surface area contributed by atoms with Gasteiger partial charge in [0.05, 0.1) is 18.1 Å². The Labute approximate surface area is 47.8 Å². The lowest BCUT2D eigenvalue weighted by atomic mass is 10.8. The first-order valence-corrected chi connectivity index (χ1v) is 2.18. The van der Waals surface area contributed by atoms with Crippen LogP contribution in [-0.2, 0) is 9.03 Å². The van der Waals surface area contributed by atoms with E-state index in [0.29, 0.717) is 13.2 Å². The summed E-state index contributed by atoms with van der Waals surface area (Å²) in [6.45, 7) is 4.17. The van der Waals surface area contributed by atoms with E-state index in [0.717, 1.165) is 0 Å². The quantitative estimate of drug-likeness (QED) is 0.414. The molecule has 0 aromatic heterocycles. The normalized spacial score (nSPS) is 8.14. The first-order chi connectivity index (χ1) is 3.41. The molecule has 0 fully saturated rings. The number of ether oxygens (including phenoxy) is 1. The van der Waals surface area contributed by atoms with Crippen LogP contribution in [-0.4, -0.2) is 13.2 Å². The fourth-order valence-electron chi connectivity index (χ4n) is 0.163. The van der Waals surface area contributed by atoms with Crippen LogP contribution in [0.5, 0.6) is 0 Å². The Balaban J connectivity index is 2.56. The second-order valence-corrected chi connectivity index (χ2v) is 1.07. The highest BCUT2D eigenvalue weighted by molar-refractivity contribution is 6.07. The van der Waals surface area contributed by atoms with Gasteiger partial charge in [0.1, 0.15) is 13.2 Å². The molecule has 0 aliphatic heterocycles. The van der Waals surface area contributed by atoms with E-state index in [1.165, 1.54) is 6.26 Å². The summed E-state index contributed by atoms with van der Waals surface area (Å²) in [6, 6.07) is 0. The maximum Gasteiger partial charge on any atom is 0.112 e. The van der Waals surface area contributed by atoms with Gasteiger partial charge in [0.15, 0.2) is 0 Å². The maximum atomic E-state index is 4.82. The Kier molecular flexibility index (Phi) is 5.62. The van der Waals surface area contributed by atoms with Crippen LogP contribution < -0.4 is 0 Å². The van der Waals surface area contributed by atoms with Crippen molar-refractivity contribution in [1.29, 1.82) is 0 Å². The molecule has 0 aliphatic rings. The van der Waals surface area contributed by atoms with Gasteiger partial charge < -0.3 is 4.74 Å². The average molecular weight is 123 g/mol. The van der Waals surface area contributed by atoms with E-state index < -0.39 is 0 Å². The molecule has 0 aromatic carbocycles. The predicted octanol–water partition coefficient (Wildman–Crippen LogP) is 1.32. The van der Waals surface area contributed by atoms with E-state index >= 15 is 0 Å². The van der Waals surface area contributed by atoms with Crippen molar-refractivity contribution in [2.24, 2.45) is 0 Å². The van der Waals surface area contributed by atoms with Crippen LogP contribution in [0.2, 0.25) is 0 Å². The molecule has 0 unspecified atom stereocenters. The maximum absolute atomic E-state index is 4.82. The van der Waals surface area contributed by atoms with Gasteiger partial charge in [0.25, 0.3) is 0 Å². The first kappa shape index (κ1) is 6.79. The Bertz CT molecular complexity index is 47.0. The summed E-state index contributed by atoms with van der Waals surface area (Å²) in [4.78, 5) is 0. The van der Waals surface area contributed by atoms with Crippen LogP contribution in [0.4, 0.5) is 0 Å². The molecule has 0 aliphatic carbocycles. The Hall–Kier alpha value is -0.210. The smallest absolute Gasteiger partial charge is 0.112 e. The van der Waals surface area contributed by atoms with Crippen LogP contribution >= 0.6 is 11.9 Å². The summed E-state index contributed by atoms with van der Waals surface area (Å²) in [5.41, 5.74) is 0. The molecular formula is C4H7ClO2. The largest absolute Gasteiger partial charge is 0.499 e. The van der Waals surface area contributed by atoms with Crippen molar-refractivity contribution in [1.82, 2.24) is 0 Å². The standard InChI is InChI=1S/C4H7ClO2/c1-2-6-3-4-7-5/h2H,1,3-4H2. The van der Waals surface area contributed by atoms with Crippen molar-refractivity contribution in [2.75, 3.05) is 13.2 Å². The van der Waals surface area contributed by atoms with E-state index in [2.05, 4.69) is 15.6 Å². The van der Waals surface area contributed by atoms with Gasteiger partial charge in [-0.3, -0.25) is 4.29 Å². The van der Waals surface area contributed by atoms with Crippen LogP contribution in [0.25, 0.3) is 0 Å². The molecule has 0 rings (SSSR count).